The third kappa shape index (κ3) is 3.01. The number of hydrogen-bond acceptors (Lipinski definition) is 4. The zero-order valence-electron chi connectivity index (χ0n) is 12.2. The van der Waals surface area contributed by atoms with Gasteiger partial charge in [-0.3, -0.25) is 14.0 Å². The zero-order chi connectivity index (χ0) is 14.2. The molecule has 0 aliphatic heterocycles. The number of nitrogens with zero attached hydrogens (tertiary/aromatic N) is 5. The van der Waals surface area contributed by atoms with Crippen LogP contribution < -0.4 is 5.56 Å². The van der Waals surface area contributed by atoms with Crippen LogP contribution >= 0.6 is 0 Å². The first-order chi connectivity index (χ1) is 8.78. The fourth-order valence-corrected chi connectivity index (χ4v) is 2.52. The van der Waals surface area contributed by atoms with Gasteiger partial charge in [-0.05, 0) is 19.5 Å². The van der Waals surface area contributed by atoms with Gasteiger partial charge >= 0.3 is 0 Å². The molecule has 0 aromatic carbocycles. The van der Waals surface area contributed by atoms with Crippen LogP contribution in [0.25, 0.3) is 11.0 Å². The van der Waals surface area contributed by atoms with Crippen molar-refractivity contribution < 1.29 is 0 Å². The van der Waals surface area contributed by atoms with Crippen molar-refractivity contribution in [2.24, 2.45) is 12.5 Å². The molecule has 2 aromatic rings. The van der Waals surface area contributed by atoms with Crippen molar-refractivity contribution in [3.63, 3.8) is 0 Å². The van der Waals surface area contributed by atoms with E-state index in [1.807, 2.05) is 14.1 Å². The van der Waals surface area contributed by atoms with Crippen LogP contribution in [0.3, 0.4) is 0 Å². The Balaban J connectivity index is 2.36. The minimum absolute atomic E-state index is 0.00252. The SMILES string of the molecule is CN(C)CC(C)(C)Cn1cnc2cn(C)nc2c1=O. The molecule has 0 N–H and O–H groups in total. The minimum Gasteiger partial charge on any atom is -0.309 e. The third-order valence-electron chi connectivity index (χ3n) is 2.95. The van der Waals surface area contributed by atoms with E-state index >= 15 is 0 Å². The van der Waals surface area contributed by atoms with E-state index in [4.69, 9.17) is 0 Å². The highest BCUT2D eigenvalue weighted by Gasteiger charge is 2.21. The van der Waals surface area contributed by atoms with Crippen molar-refractivity contribution >= 4 is 11.0 Å². The average Bonchev–Trinajstić information content (AvgIpc) is 2.62. The van der Waals surface area contributed by atoms with Gasteiger partial charge in [0.15, 0.2) is 5.52 Å². The molecule has 0 atom stereocenters. The molecule has 2 heterocycles. The van der Waals surface area contributed by atoms with Crippen LogP contribution in [0.15, 0.2) is 17.3 Å². The standard InChI is InChI=1S/C13H21N5O/c1-13(2,7-16(3)4)8-18-9-14-10-6-17(5)15-11(10)12(18)19/h6,9H,7-8H2,1-5H3. The van der Waals surface area contributed by atoms with Crippen LogP contribution in [0.4, 0.5) is 0 Å². The molecule has 2 aromatic heterocycles. The highest BCUT2D eigenvalue weighted by Crippen LogP contribution is 2.18. The third-order valence-corrected chi connectivity index (χ3v) is 2.95. The van der Waals surface area contributed by atoms with Crippen molar-refractivity contribution in [3.05, 3.63) is 22.9 Å². The maximum absolute atomic E-state index is 12.3. The Kier molecular flexibility index (Phi) is 3.45. The molecule has 0 aliphatic carbocycles. The normalized spacial score (nSPS) is 12.5. The van der Waals surface area contributed by atoms with Gasteiger partial charge in [0.25, 0.3) is 5.56 Å². The summed E-state index contributed by atoms with van der Waals surface area (Å²) in [6.45, 7) is 5.81. The maximum Gasteiger partial charge on any atom is 0.281 e. The lowest BCUT2D eigenvalue weighted by atomic mass is 9.93. The summed E-state index contributed by atoms with van der Waals surface area (Å²) in [4.78, 5) is 18.8. The lowest BCUT2D eigenvalue weighted by Crippen LogP contribution is -2.35. The molecule has 0 saturated carbocycles. The highest BCUT2D eigenvalue weighted by molar-refractivity contribution is 5.71. The predicted molar refractivity (Wildman–Crippen MR) is 75.1 cm³/mol. The van der Waals surface area contributed by atoms with Crippen LogP contribution in [0.5, 0.6) is 0 Å². The largest absolute Gasteiger partial charge is 0.309 e. The Morgan fingerprint density at radius 1 is 1.37 bits per heavy atom. The van der Waals surface area contributed by atoms with Crippen LogP contribution in [0, 0.1) is 5.41 Å². The summed E-state index contributed by atoms with van der Waals surface area (Å²) in [5.41, 5.74) is 1.01. The van der Waals surface area contributed by atoms with E-state index in [-0.39, 0.29) is 11.0 Å². The smallest absolute Gasteiger partial charge is 0.281 e. The van der Waals surface area contributed by atoms with Gasteiger partial charge in [-0.25, -0.2) is 4.98 Å². The van der Waals surface area contributed by atoms with Crippen LogP contribution in [-0.4, -0.2) is 44.9 Å². The molecule has 0 unspecified atom stereocenters. The first-order valence-electron chi connectivity index (χ1n) is 6.32. The van der Waals surface area contributed by atoms with Crippen molar-refractivity contribution in [1.29, 1.82) is 0 Å². The quantitative estimate of drug-likeness (QED) is 0.815. The number of aromatic nitrogens is 4. The van der Waals surface area contributed by atoms with Gasteiger partial charge < -0.3 is 4.90 Å². The van der Waals surface area contributed by atoms with E-state index < -0.39 is 0 Å². The molecule has 0 saturated heterocycles. The number of rotatable bonds is 4. The van der Waals surface area contributed by atoms with Crippen molar-refractivity contribution in [2.45, 2.75) is 20.4 Å². The van der Waals surface area contributed by atoms with Gasteiger partial charge in [0.1, 0.15) is 5.52 Å². The maximum atomic E-state index is 12.3. The Hall–Kier alpha value is -1.69. The number of fused-ring (bicyclic) bond motifs is 1. The van der Waals surface area contributed by atoms with Crippen molar-refractivity contribution in [1.82, 2.24) is 24.2 Å². The highest BCUT2D eigenvalue weighted by atomic mass is 16.1. The lowest BCUT2D eigenvalue weighted by molar-refractivity contribution is 0.209. The summed E-state index contributed by atoms with van der Waals surface area (Å²) in [5.74, 6) is 0. The van der Waals surface area contributed by atoms with E-state index in [2.05, 4.69) is 28.8 Å². The van der Waals surface area contributed by atoms with Crippen LogP contribution in [-0.2, 0) is 13.6 Å². The van der Waals surface area contributed by atoms with E-state index in [0.29, 0.717) is 17.6 Å². The molecular formula is C13H21N5O. The molecule has 19 heavy (non-hydrogen) atoms. The minimum atomic E-state index is -0.0718. The second-order valence-electron chi connectivity index (χ2n) is 6.12. The first-order valence-corrected chi connectivity index (χ1v) is 6.32. The Morgan fingerprint density at radius 2 is 2.05 bits per heavy atom. The topological polar surface area (TPSA) is 56.0 Å². The molecule has 6 heteroatoms. The first kappa shape index (κ1) is 13.7. The Bertz CT molecular complexity index is 638. The molecule has 0 radical (unpaired) electrons. The van der Waals surface area contributed by atoms with E-state index in [1.165, 1.54) is 0 Å². The second kappa shape index (κ2) is 4.77. The summed E-state index contributed by atoms with van der Waals surface area (Å²) in [7, 11) is 5.86. The fraction of sp³-hybridized carbons (Fsp3) is 0.615. The Morgan fingerprint density at radius 3 is 2.68 bits per heavy atom. The van der Waals surface area contributed by atoms with Gasteiger partial charge in [0.05, 0.1) is 12.5 Å². The van der Waals surface area contributed by atoms with Gasteiger partial charge in [0.2, 0.25) is 0 Å². The van der Waals surface area contributed by atoms with E-state index in [1.54, 1.807) is 28.8 Å². The summed E-state index contributed by atoms with van der Waals surface area (Å²) < 4.78 is 3.27. The van der Waals surface area contributed by atoms with Gasteiger partial charge in [-0.1, -0.05) is 13.8 Å². The van der Waals surface area contributed by atoms with Crippen molar-refractivity contribution in [2.75, 3.05) is 20.6 Å². The monoisotopic (exact) mass is 263 g/mol. The average molecular weight is 263 g/mol. The summed E-state index contributed by atoms with van der Waals surface area (Å²) in [6.07, 6.45) is 3.37. The van der Waals surface area contributed by atoms with Crippen LogP contribution in [0.2, 0.25) is 0 Å². The Labute approximate surface area is 112 Å². The van der Waals surface area contributed by atoms with E-state index in [9.17, 15) is 4.79 Å². The molecule has 0 fully saturated rings. The molecule has 0 aliphatic rings. The molecule has 0 spiro atoms. The van der Waals surface area contributed by atoms with E-state index in [0.717, 1.165) is 6.54 Å². The fourth-order valence-electron chi connectivity index (χ4n) is 2.52. The zero-order valence-corrected chi connectivity index (χ0v) is 12.2. The van der Waals surface area contributed by atoms with Gasteiger partial charge in [-0.2, -0.15) is 5.10 Å². The molecule has 2 rings (SSSR count). The molecule has 104 valence electrons. The van der Waals surface area contributed by atoms with Gasteiger partial charge in [-0.15, -0.1) is 0 Å². The number of aryl methyl sites for hydroxylation is 1. The number of hydrogen-bond donors (Lipinski definition) is 0. The molecule has 0 amide bonds. The molecule has 0 bridgehead atoms. The lowest BCUT2D eigenvalue weighted by Gasteiger charge is -2.28. The second-order valence-corrected chi connectivity index (χ2v) is 6.12. The molecule has 6 nitrogen and oxygen atoms in total. The predicted octanol–water partition coefficient (Wildman–Crippen LogP) is 0.718. The summed E-state index contributed by atoms with van der Waals surface area (Å²) in [6, 6.07) is 0. The van der Waals surface area contributed by atoms with Gasteiger partial charge in [0, 0.05) is 20.1 Å². The summed E-state index contributed by atoms with van der Waals surface area (Å²) in [5, 5.41) is 4.17. The molecular weight excluding hydrogens is 242 g/mol. The summed E-state index contributed by atoms with van der Waals surface area (Å²) >= 11 is 0. The van der Waals surface area contributed by atoms with Crippen molar-refractivity contribution in [3.8, 4) is 0 Å². The van der Waals surface area contributed by atoms with Crippen LogP contribution in [0.1, 0.15) is 13.8 Å².